The van der Waals surface area contributed by atoms with Crippen LogP contribution in [0.2, 0.25) is 0 Å². The van der Waals surface area contributed by atoms with Crippen molar-refractivity contribution in [3.8, 4) is 0 Å². The Morgan fingerprint density at radius 1 is 1.47 bits per heavy atom. The van der Waals surface area contributed by atoms with Crippen molar-refractivity contribution in [1.82, 2.24) is 0 Å². The van der Waals surface area contributed by atoms with Crippen molar-refractivity contribution in [2.24, 2.45) is 29.6 Å². The predicted octanol–water partition coefficient (Wildman–Crippen LogP) is 1.94. The largest absolute Gasteiger partial charge is 0.465 e. The quantitative estimate of drug-likeness (QED) is 0.577. The van der Waals surface area contributed by atoms with Crippen LogP contribution in [0.1, 0.15) is 26.7 Å². The first kappa shape index (κ1) is 12.7. The number of cyclic esters (lactones) is 1. The van der Waals surface area contributed by atoms with Gasteiger partial charge < -0.3 is 9.47 Å². The predicted molar refractivity (Wildman–Crippen MR) is 68.0 cm³/mol. The maximum Gasteiger partial charge on any atom is 0.333 e. The van der Waals surface area contributed by atoms with Crippen molar-refractivity contribution < 1.29 is 19.1 Å². The van der Waals surface area contributed by atoms with Gasteiger partial charge in [-0.05, 0) is 25.2 Å². The number of carbonyl (C=O) groups is 2. The van der Waals surface area contributed by atoms with E-state index < -0.39 is 0 Å². The highest BCUT2D eigenvalue weighted by Gasteiger charge is 2.64. The molecule has 0 amide bonds. The molecule has 2 bridgehead atoms. The Hall–Kier alpha value is -1.32. The topological polar surface area (TPSA) is 52.6 Å². The molecule has 0 aromatic carbocycles. The number of ether oxygens (including phenoxy) is 2. The molecule has 0 aromatic heterocycles. The van der Waals surface area contributed by atoms with Crippen LogP contribution >= 0.6 is 0 Å². The van der Waals surface area contributed by atoms with Crippen molar-refractivity contribution in [3.63, 3.8) is 0 Å². The molecular weight excluding hydrogens is 244 g/mol. The van der Waals surface area contributed by atoms with E-state index in [9.17, 15) is 9.59 Å². The van der Waals surface area contributed by atoms with E-state index in [1.54, 1.807) is 6.92 Å². The molecule has 6 atom stereocenters. The average Bonchev–Trinajstić information content (AvgIpc) is 2.98. The molecule has 1 aliphatic heterocycles. The average molecular weight is 264 g/mol. The van der Waals surface area contributed by atoms with Gasteiger partial charge in [-0.1, -0.05) is 19.9 Å². The zero-order valence-electron chi connectivity index (χ0n) is 11.4. The third-order valence-electron chi connectivity index (χ3n) is 5.17. The van der Waals surface area contributed by atoms with E-state index in [1.807, 2.05) is 0 Å². The fourth-order valence-corrected chi connectivity index (χ4v) is 4.48. The first-order chi connectivity index (χ1) is 9.04. The van der Waals surface area contributed by atoms with Crippen LogP contribution in [0.25, 0.3) is 0 Å². The summed E-state index contributed by atoms with van der Waals surface area (Å²) in [6.07, 6.45) is 1.78. The standard InChI is InChI=1S/C15H20O4/c1-4-8-9-5-11(19-14(16)7(2)3)12(8)13-10(9)6-18-15(13)17/h8-13H,2,4-6H2,1,3H3. The monoisotopic (exact) mass is 264 g/mol. The summed E-state index contributed by atoms with van der Waals surface area (Å²) in [6, 6.07) is 0. The molecule has 6 unspecified atom stereocenters. The molecule has 2 saturated carbocycles. The molecule has 2 aliphatic carbocycles. The summed E-state index contributed by atoms with van der Waals surface area (Å²) >= 11 is 0. The number of rotatable bonds is 3. The maximum absolute atomic E-state index is 11.9. The number of hydrogen-bond donors (Lipinski definition) is 0. The smallest absolute Gasteiger partial charge is 0.333 e. The lowest BCUT2D eigenvalue weighted by atomic mass is 9.80. The van der Waals surface area contributed by atoms with Crippen molar-refractivity contribution >= 4 is 11.9 Å². The number of fused-ring (bicyclic) bond motifs is 5. The highest BCUT2D eigenvalue weighted by atomic mass is 16.6. The van der Waals surface area contributed by atoms with Gasteiger partial charge in [0.15, 0.2) is 0 Å². The molecule has 4 heteroatoms. The lowest BCUT2D eigenvalue weighted by Gasteiger charge is -2.28. The highest BCUT2D eigenvalue weighted by Crippen LogP contribution is 2.60. The van der Waals surface area contributed by atoms with Crippen LogP contribution in [0.5, 0.6) is 0 Å². The summed E-state index contributed by atoms with van der Waals surface area (Å²) in [7, 11) is 0. The molecule has 3 aliphatic rings. The first-order valence-electron chi connectivity index (χ1n) is 7.07. The van der Waals surface area contributed by atoms with Crippen LogP contribution in [0.4, 0.5) is 0 Å². The van der Waals surface area contributed by atoms with E-state index in [0.717, 1.165) is 12.8 Å². The zero-order valence-corrected chi connectivity index (χ0v) is 11.4. The van der Waals surface area contributed by atoms with Gasteiger partial charge in [0.2, 0.25) is 0 Å². The zero-order chi connectivity index (χ0) is 13.7. The second-order valence-electron chi connectivity index (χ2n) is 6.09. The minimum Gasteiger partial charge on any atom is -0.465 e. The Morgan fingerprint density at radius 3 is 2.84 bits per heavy atom. The summed E-state index contributed by atoms with van der Waals surface area (Å²) in [5.74, 6) is 0.981. The van der Waals surface area contributed by atoms with Gasteiger partial charge in [-0.15, -0.1) is 0 Å². The van der Waals surface area contributed by atoms with Gasteiger partial charge in [0.05, 0.1) is 12.5 Å². The number of hydrogen-bond acceptors (Lipinski definition) is 4. The van der Waals surface area contributed by atoms with E-state index in [-0.39, 0.29) is 29.9 Å². The summed E-state index contributed by atoms with van der Waals surface area (Å²) in [5.41, 5.74) is 0.418. The van der Waals surface area contributed by atoms with Crippen LogP contribution in [0.15, 0.2) is 12.2 Å². The van der Waals surface area contributed by atoms with Crippen molar-refractivity contribution in [2.75, 3.05) is 6.61 Å². The molecule has 19 heavy (non-hydrogen) atoms. The third-order valence-corrected chi connectivity index (χ3v) is 5.17. The lowest BCUT2D eigenvalue weighted by Crippen LogP contribution is -2.35. The van der Waals surface area contributed by atoms with Crippen LogP contribution < -0.4 is 0 Å². The summed E-state index contributed by atoms with van der Waals surface area (Å²) < 4.78 is 10.7. The van der Waals surface area contributed by atoms with Gasteiger partial charge in [-0.2, -0.15) is 0 Å². The molecule has 0 aromatic rings. The highest BCUT2D eigenvalue weighted by molar-refractivity contribution is 5.87. The van der Waals surface area contributed by atoms with Gasteiger partial charge >= 0.3 is 11.9 Å². The van der Waals surface area contributed by atoms with Crippen LogP contribution in [-0.4, -0.2) is 24.6 Å². The lowest BCUT2D eigenvalue weighted by molar-refractivity contribution is -0.153. The minimum atomic E-state index is -0.338. The summed E-state index contributed by atoms with van der Waals surface area (Å²) in [5, 5.41) is 0. The summed E-state index contributed by atoms with van der Waals surface area (Å²) in [4.78, 5) is 23.6. The van der Waals surface area contributed by atoms with E-state index in [1.165, 1.54) is 0 Å². The Morgan fingerprint density at radius 2 is 2.21 bits per heavy atom. The van der Waals surface area contributed by atoms with Crippen LogP contribution in [-0.2, 0) is 19.1 Å². The van der Waals surface area contributed by atoms with E-state index in [2.05, 4.69) is 13.5 Å². The van der Waals surface area contributed by atoms with E-state index in [0.29, 0.717) is 29.9 Å². The van der Waals surface area contributed by atoms with Gasteiger partial charge in [0.25, 0.3) is 0 Å². The van der Waals surface area contributed by atoms with E-state index >= 15 is 0 Å². The fraction of sp³-hybridized carbons (Fsp3) is 0.733. The Labute approximate surface area is 113 Å². The number of carbonyl (C=O) groups excluding carboxylic acids is 2. The molecule has 4 nitrogen and oxygen atoms in total. The van der Waals surface area contributed by atoms with Gasteiger partial charge in [-0.25, -0.2) is 4.79 Å². The van der Waals surface area contributed by atoms with Crippen LogP contribution in [0, 0.1) is 29.6 Å². The number of esters is 2. The van der Waals surface area contributed by atoms with Crippen molar-refractivity contribution in [2.45, 2.75) is 32.8 Å². The Balaban J connectivity index is 1.81. The molecule has 1 heterocycles. The molecule has 0 N–H and O–H groups in total. The molecule has 3 fully saturated rings. The second-order valence-corrected chi connectivity index (χ2v) is 6.09. The molecular formula is C15H20O4. The molecule has 0 radical (unpaired) electrons. The Kier molecular flexibility index (Phi) is 2.91. The molecule has 0 spiro atoms. The minimum absolute atomic E-state index is 0.0494. The normalized spacial score (nSPS) is 42.9. The second kappa shape index (κ2) is 4.36. The third kappa shape index (κ3) is 1.72. The van der Waals surface area contributed by atoms with E-state index in [4.69, 9.17) is 9.47 Å². The van der Waals surface area contributed by atoms with Gasteiger partial charge in [0, 0.05) is 17.4 Å². The molecule has 3 rings (SSSR count). The molecule has 104 valence electrons. The van der Waals surface area contributed by atoms with Crippen LogP contribution in [0.3, 0.4) is 0 Å². The summed E-state index contributed by atoms with van der Waals surface area (Å²) in [6.45, 7) is 7.98. The maximum atomic E-state index is 11.9. The Bertz CT molecular complexity index is 441. The van der Waals surface area contributed by atoms with Crippen molar-refractivity contribution in [1.29, 1.82) is 0 Å². The van der Waals surface area contributed by atoms with Gasteiger partial charge in [-0.3, -0.25) is 4.79 Å². The first-order valence-corrected chi connectivity index (χ1v) is 7.07. The fourth-order valence-electron chi connectivity index (χ4n) is 4.48. The van der Waals surface area contributed by atoms with Crippen molar-refractivity contribution in [3.05, 3.63) is 12.2 Å². The van der Waals surface area contributed by atoms with Gasteiger partial charge in [0.1, 0.15) is 6.10 Å². The molecule has 1 saturated heterocycles. The SMILES string of the molecule is C=C(C)C(=O)OC1CC2C3COC(=O)C3C1C2CC.